The minimum Gasteiger partial charge on any atom is -0.272 e. The first-order valence-electron chi connectivity index (χ1n) is 10.4. The lowest BCUT2D eigenvalue weighted by Gasteiger charge is -2.10. The summed E-state index contributed by atoms with van der Waals surface area (Å²) < 4.78 is 1.97. The summed E-state index contributed by atoms with van der Waals surface area (Å²) in [6.45, 7) is 2.05. The molecule has 3 aromatic carbocycles. The third-order valence-electron chi connectivity index (χ3n) is 4.73. The summed E-state index contributed by atoms with van der Waals surface area (Å²) in [5, 5.41) is 13.4. The number of carbonyl (C=O) groups excluding carboxylic acids is 1. The second kappa shape index (κ2) is 11.1. The van der Waals surface area contributed by atoms with E-state index in [4.69, 9.17) is 0 Å². The van der Waals surface area contributed by atoms with Gasteiger partial charge in [0, 0.05) is 17.5 Å². The smallest absolute Gasteiger partial charge is 0.250 e. The van der Waals surface area contributed by atoms with Crippen LogP contribution in [0.15, 0.2) is 101 Å². The average Bonchev–Trinajstić information content (AvgIpc) is 3.28. The van der Waals surface area contributed by atoms with E-state index in [9.17, 15) is 4.79 Å². The van der Waals surface area contributed by atoms with Gasteiger partial charge in [0.1, 0.15) is 0 Å². The van der Waals surface area contributed by atoms with Crippen LogP contribution in [0.25, 0.3) is 23.2 Å². The van der Waals surface area contributed by atoms with E-state index in [1.54, 1.807) is 12.3 Å². The Balaban J connectivity index is 1.44. The molecular weight excluding hydrogens is 430 g/mol. The molecule has 0 unspecified atom stereocenters. The van der Waals surface area contributed by atoms with Gasteiger partial charge in [-0.3, -0.25) is 9.36 Å². The number of nitrogens with zero attached hydrogens (tertiary/aromatic N) is 4. The summed E-state index contributed by atoms with van der Waals surface area (Å²) in [6, 6.07) is 27.9. The molecule has 0 fully saturated rings. The van der Waals surface area contributed by atoms with Crippen LogP contribution in [0.5, 0.6) is 0 Å². The van der Waals surface area contributed by atoms with Crippen molar-refractivity contribution in [2.24, 2.45) is 5.10 Å². The van der Waals surface area contributed by atoms with Gasteiger partial charge < -0.3 is 0 Å². The van der Waals surface area contributed by atoms with E-state index in [0.717, 1.165) is 22.6 Å². The number of rotatable bonds is 8. The molecule has 0 spiro atoms. The molecule has 0 bridgehead atoms. The van der Waals surface area contributed by atoms with Crippen LogP contribution in [-0.4, -0.2) is 32.6 Å². The maximum absolute atomic E-state index is 12.3. The molecule has 1 aromatic heterocycles. The number of hydrogen-bond acceptors (Lipinski definition) is 5. The van der Waals surface area contributed by atoms with Gasteiger partial charge in [0.25, 0.3) is 5.91 Å². The molecule has 0 saturated heterocycles. The van der Waals surface area contributed by atoms with Gasteiger partial charge in [0.15, 0.2) is 11.0 Å². The number of aryl methyl sites for hydroxylation is 1. The lowest BCUT2D eigenvalue weighted by Crippen LogP contribution is -2.19. The van der Waals surface area contributed by atoms with Crippen LogP contribution in [0.4, 0.5) is 0 Å². The number of amides is 1. The van der Waals surface area contributed by atoms with Gasteiger partial charge >= 0.3 is 0 Å². The van der Waals surface area contributed by atoms with E-state index in [1.807, 2.05) is 102 Å². The van der Waals surface area contributed by atoms with Crippen molar-refractivity contribution in [1.29, 1.82) is 0 Å². The van der Waals surface area contributed by atoms with E-state index in [1.165, 1.54) is 17.3 Å². The molecule has 0 atom stereocenters. The van der Waals surface area contributed by atoms with Crippen molar-refractivity contribution in [3.05, 3.63) is 102 Å². The predicted octanol–water partition coefficient (Wildman–Crippen LogP) is 5.15. The van der Waals surface area contributed by atoms with Crippen molar-refractivity contribution in [3.63, 3.8) is 0 Å². The standard InChI is InChI=1S/C26H23N5OS/c1-20-14-16-23(17-15-20)31-25(22-12-6-3-7-13-22)29-30-26(31)33-19-24(32)28-27-18-8-11-21-9-4-2-5-10-21/h2-18H,19H2,1H3,(H,28,32)/b11-8+,27-18-. The van der Waals surface area contributed by atoms with E-state index >= 15 is 0 Å². The second-order valence-electron chi connectivity index (χ2n) is 7.21. The molecule has 0 radical (unpaired) electrons. The Morgan fingerprint density at radius 2 is 1.67 bits per heavy atom. The van der Waals surface area contributed by atoms with Gasteiger partial charge in [-0.15, -0.1) is 10.2 Å². The fourth-order valence-electron chi connectivity index (χ4n) is 3.10. The van der Waals surface area contributed by atoms with E-state index < -0.39 is 0 Å². The lowest BCUT2D eigenvalue weighted by atomic mass is 10.2. The lowest BCUT2D eigenvalue weighted by molar-refractivity contribution is -0.118. The Morgan fingerprint density at radius 3 is 2.39 bits per heavy atom. The highest BCUT2D eigenvalue weighted by molar-refractivity contribution is 7.99. The molecule has 33 heavy (non-hydrogen) atoms. The van der Waals surface area contributed by atoms with E-state index in [2.05, 4.69) is 20.7 Å². The minimum atomic E-state index is -0.218. The summed E-state index contributed by atoms with van der Waals surface area (Å²) in [5.74, 6) is 0.675. The Labute approximate surface area is 197 Å². The van der Waals surface area contributed by atoms with Crippen molar-refractivity contribution in [3.8, 4) is 17.1 Å². The molecule has 0 aliphatic carbocycles. The number of aromatic nitrogens is 3. The fourth-order valence-corrected chi connectivity index (χ4v) is 3.84. The molecule has 164 valence electrons. The summed E-state index contributed by atoms with van der Waals surface area (Å²) in [7, 11) is 0. The van der Waals surface area contributed by atoms with Crippen molar-refractivity contribution in [2.45, 2.75) is 12.1 Å². The quantitative estimate of drug-likeness (QED) is 0.227. The predicted molar refractivity (Wildman–Crippen MR) is 134 cm³/mol. The summed E-state index contributed by atoms with van der Waals surface area (Å²) in [5.41, 5.74) is 6.67. The van der Waals surface area contributed by atoms with Crippen LogP contribution in [0.1, 0.15) is 11.1 Å². The molecule has 0 saturated carbocycles. The molecule has 7 heteroatoms. The largest absolute Gasteiger partial charge is 0.272 e. The number of carbonyl (C=O) groups is 1. The number of hydrazone groups is 1. The first-order valence-corrected chi connectivity index (χ1v) is 11.4. The van der Waals surface area contributed by atoms with Gasteiger partial charge in [-0.2, -0.15) is 5.10 Å². The minimum absolute atomic E-state index is 0.165. The molecule has 6 nitrogen and oxygen atoms in total. The summed E-state index contributed by atoms with van der Waals surface area (Å²) in [6.07, 6.45) is 5.25. The Kier molecular flexibility index (Phi) is 7.45. The van der Waals surface area contributed by atoms with Gasteiger partial charge in [-0.05, 0) is 30.7 Å². The maximum Gasteiger partial charge on any atom is 0.250 e. The topological polar surface area (TPSA) is 72.2 Å². The SMILES string of the molecule is Cc1ccc(-n2c(SCC(=O)N/N=C\C=C\c3ccccc3)nnc2-c2ccccc2)cc1. The molecule has 1 amide bonds. The molecule has 4 rings (SSSR count). The number of hydrogen-bond donors (Lipinski definition) is 1. The molecule has 0 aliphatic rings. The number of thioether (sulfide) groups is 1. The van der Waals surface area contributed by atoms with Crippen molar-refractivity contribution >= 4 is 30.0 Å². The molecular formula is C26H23N5OS. The van der Waals surface area contributed by atoms with Gasteiger partial charge in [0.05, 0.1) is 5.75 Å². The Hall–Kier alpha value is -3.97. The van der Waals surface area contributed by atoms with Crippen molar-refractivity contribution < 1.29 is 4.79 Å². The van der Waals surface area contributed by atoms with Gasteiger partial charge in [-0.1, -0.05) is 96.2 Å². The molecule has 1 N–H and O–H groups in total. The first-order chi connectivity index (χ1) is 16.2. The van der Waals surface area contributed by atoms with Crippen molar-refractivity contribution in [2.75, 3.05) is 5.75 Å². The van der Waals surface area contributed by atoms with Crippen LogP contribution in [0.2, 0.25) is 0 Å². The first kappa shape index (κ1) is 22.2. The fraction of sp³-hybridized carbons (Fsp3) is 0.0769. The highest BCUT2D eigenvalue weighted by atomic mass is 32.2. The number of nitrogens with one attached hydrogen (secondary N) is 1. The zero-order valence-corrected chi connectivity index (χ0v) is 18.9. The van der Waals surface area contributed by atoms with Crippen molar-refractivity contribution in [1.82, 2.24) is 20.2 Å². The maximum atomic E-state index is 12.3. The van der Waals surface area contributed by atoms with Gasteiger partial charge in [-0.25, -0.2) is 5.43 Å². The van der Waals surface area contributed by atoms with Crippen LogP contribution in [-0.2, 0) is 4.79 Å². The molecule has 0 aliphatic heterocycles. The van der Waals surface area contributed by atoms with Crippen LogP contribution < -0.4 is 5.43 Å². The summed E-state index contributed by atoms with van der Waals surface area (Å²) >= 11 is 1.32. The zero-order valence-electron chi connectivity index (χ0n) is 18.1. The third kappa shape index (κ3) is 6.05. The summed E-state index contributed by atoms with van der Waals surface area (Å²) in [4.78, 5) is 12.3. The zero-order chi connectivity index (χ0) is 22.9. The number of allylic oxidation sites excluding steroid dienone is 1. The van der Waals surface area contributed by atoms with Crippen LogP contribution in [0, 0.1) is 6.92 Å². The molecule has 1 heterocycles. The highest BCUT2D eigenvalue weighted by Gasteiger charge is 2.17. The monoisotopic (exact) mass is 453 g/mol. The normalized spacial score (nSPS) is 11.3. The van der Waals surface area contributed by atoms with E-state index in [-0.39, 0.29) is 11.7 Å². The van der Waals surface area contributed by atoms with Gasteiger partial charge in [0.2, 0.25) is 0 Å². The second-order valence-corrected chi connectivity index (χ2v) is 8.16. The van der Waals surface area contributed by atoms with Crippen LogP contribution in [0.3, 0.4) is 0 Å². The van der Waals surface area contributed by atoms with E-state index in [0.29, 0.717) is 5.16 Å². The Bertz CT molecular complexity index is 1250. The average molecular weight is 454 g/mol. The van der Waals surface area contributed by atoms with Crippen LogP contribution >= 0.6 is 11.8 Å². The molecule has 4 aromatic rings. The highest BCUT2D eigenvalue weighted by Crippen LogP contribution is 2.28. The third-order valence-corrected chi connectivity index (χ3v) is 5.66. The number of benzene rings is 3. The Morgan fingerprint density at radius 1 is 0.970 bits per heavy atom.